The highest BCUT2D eigenvalue weighted by Gasteiger charge is 2.32. The molecule has 35 heavy (non-hydrogen) atoms. The number of benzene rings is 2. The van der Waals surface area contributed by atoms with Gasteiger partial charge in [-0.05, 0) is 73.5 Å². The van der Waals surface area contributed by atoms with Crippen LogP contribution in [0.25, 0.3) is 10.8 Å². The number of fused-ring (bicyclic) bond motifs is 1. The summed E-state index contributed by atoms with van der Waals surface area (Å²) in [5.74, 6) is -0.721. The topological polar surface area (TPSA) is 94.3 Å². The lowest BCUT2D eigenvalue weighted by molar-refractivity contribution is -0.129. The summed E-state index contributed by atoms with van der Waals surface area (Å²) in [6, 6.07) is 10.3. The van der Waals surface area contributed by atoms with Gasteiger partial charge in [0.1, 0.15) is 23.2 Å². The Hall–Kier alpha value is -3.10. The maximum absolute atomic E-state index is 13.7. The smallest absolute Gasteiger partial charge is 0.412 e. The van der Waals surface area contributed by atoms with Crippen molar-refractivity contribution in [3.8, 4) is 0 Å². The molecule has 0 spiro atoms. The number of aryl methyl sites for hydroxylation is 1. The monoisotopic (exact) mass is 503 g/mol. The molecule has 186 valence electrons. The molecular formula is C26H28ClF2N3O3. The van der Waals surface area contributed by atoms with Gasteiger partial charge < -0.3 is 10.5 Å². The zero-order valence-electron chi connectivity index (χ0n) is 19.5. The van der Waals surface area contributed by atoms with E-state index in [1.807, 2.05) is 6.92 Å². The number of nitrogens with one attached hydrogen (secondary N) is 1. The van der Waals surface area contributed by atoms with Crippen molar-refractivity contribution >= 4 is 40.1 Å². The van der Waals surface area contributed by atoms with Gasteiger partial charge in [0, 0.05) is 23.4 Å². The lowest BCUT2D eigenvalue weighted by Gasteiger charge is -2.28. The highest BCUT2D eigenvalue weighted by atomic mass is 35.5. The molecule has 3 N–H and O–H groups in total. The van der Waals surface area contributed by atoms with E-state index < -0.39 is 23.1 Å². The molecule has 0 aliphatic heterocycles. The molecule has 3 rings (SSSR count). The van der Waals surface area contributed by atoms with Gasteiger partial charge in [-0.25, -0.2) is 18.6 Å². The van der Waals surface area contributed by atoms with Crippen molar-refractivity contribution in [3.05, 3.63) is 70.9 Å². The summed E-state index contributed by atoms with van der Waals surface area (Å²) in [5.41, 5.74) is 5.46. The van der Waals surface area contributed by atoms with E-state index in [-0.39, 0.29) is 29.7 Å². The van der Waals surface area contributed by atoms with Crippen molar-refractivity contribution in [2.45, 2.75) is 39.0 Å². The number of carbonyl (C=O) groups is 2. The molecule has 0 aliphatic carbocycles. The maximum Gasteiger partial charge on any atom is 0.412 e. The standard InChI is InChI=1S/C26H28ClF2N3O3/c1-26(10-3-12-30,22(33)9-7-17-4-2-5-21(29)24(17)27)11-13-35-25(34)32-23-15-19-14-20(28)8-6-18(19)16-31-23/h2,4-6,8,14-16H,3,7,9-13,30H2,1H3,(H,31,32,34). The number of amides is 1. The van der Waals surface area contributed by atoms with E-state index in [0.29, 0.717) is 43.2 Å². The number of anilines is 1. The largest absolute Gasteiger partial charge is 0.449 e. The number of hydrogen-bond donors (Lipinski definition) is 2. The molecule has 1 aromatic heterocycles. The number of nitrogens with two attached hydrogens (primary N) is 1. The summed E-state index contributed by atoms with van der Waals surface area (Å²) in [4.78, 5) is 29.5. The van der Waals surface area contributed by atoms with Gasteiger partial charge in [0.25, 0.3) is 0 Å². The van der Waals surface area contributed by atoms with Crippen molar-refractivity contribution in [2.75, 3.05) is 18.5 Å². The maximum atomic E-state index is 13.7. The Kier molecular flexibility index (Phi) is 9.12. The molecule has 9 heteroatoms. The number of hydrogen-bond acceptors (Lipinski definition) is 5. The van der Waals surface area contributed by atoms with Gasteiger partial charge in [0.15, 0.2) is 0 Å². The van der Waals surface area contributed by atoms with Gasteiger partial charge in [0.2, 0.25) is 0 Å². The highest BCUT2D eigenvalue weighted by Crippen LogP contribution is 2.32. The van der Waals surface area contributed by atoms with Crippen LogP contribution >= 0.6 is 11.6 Å². The molecule has 2 aromatic carbocycles. The third-order valence-electron chi connectivity index (χ3n) is 6.06. The average molecular weight is 504 g/mol. The zero-order chi connectivity index (χ0) is 25.4. The summed E-state index contributed by atoms with van der Waals surface area (Å²) in [7, 11) is 0. The number of halogens is 3. The van der Waals surface area contributed by atoms with Crippen molar-refractivity contribution in [2.24, 2.45) is 11.1 Å². The van der Waals surface area contributed by atoms with Gasteiger partial charge in [0.05, 0.1) is 11.6 Å². The van der Waals surface area contributed by atoms with Crippen molar-refractivity contribution in [3.63, 3.8) is 0 Å². The molecule has 0 fully saturated rings. The Morgan fingerprint density at radius 1 is 1.14 bits per heavy atom. The van der Waals surface area contributed by atoms with E-state index in [0.717, 1.165) is 5.39 Å². The molecule has 0 saturated carbocycles. The van der Waals surface area contributed by atoms with E-state index in [1.54, 1.807) is 24.3 Å². The van der Waals surface area contributed by atoms with Gasteiger partial charge in [-0.15, -0.1) is 0 Å². The molecule has 6 nitrogen and oxygen atoms in total. The van der Waals surface area contributed by atoms with Crippen LogP contribution in [0.3, 0.4) is 0 Å². The minimum atomic E-state index is -0.766. The zero-order valence-corrected chi connectivity index (χ0v) is 20.2. The molecule has 1 unspecified atom stereocenters. The number of carbonyl (C=O) groups excluding carboxylic acids is 2. The van der Waals surface area contributed by atoms with Crippen LogP contribution in [0.5, 0.6) is 0 Å². The second-order valence-corrected chi connectivity index (χ2v) is 9.04. The lowest BCUT2D eigenvalue weighted by Crippen LogP contribution is -2.31. The predicted octanol–water partition coefficient (Wildman–Crippen LogP) is 6.05. The van der Waals surface area contributed by atoms with Crippen LogP contribution < -0.4 is 11.1 Å². The number of Topliss-reactive ketones (excluding diaryl/α,β-unsaturated/α-hetero) is 1. The first-order valence-corrected chi connectivity index (χ1v) is 11.7. The van der Waals surface area contributed by atoms with Gasteiger partial charge in [-0.2, -0.15) is 0 Å². The van der Waals surface area contributed by atoms with E-state index in [1.165, 1.54) is 24.4 Å². The first-order chi connectivity index (χ1) is 16.7. The van der Waals surface area contributed by atoms with E-state index in [4.69, 9.17) is 22.1 Å². The summed E-state index contributed by atoms with van der Waals surface area (Å²) in [5, 5.41) is 3.87. The molecule has 0 bridgehead atoms. The highest BCUT2D eigenvalue weighted by molar-refractivity contribution is 6.31. The van der Waals surface area contributed by atoms with Crippen LogP contribution in [0, 0.1) is 17.0 Å². The first-order valence-electron chi connectivity index (χ1n) is 11.4. The minimum Gasteiger partial charge on any atom is -0.449 e. The van der Waals surface area contributed by atoms with Gasteiger partial charge in [-0.1, -0.05) is 30.7 Å². The number of ketones is 1. The Balaban J connectivity index is 1.56. The van der Waals surface area contributed by atoms with Crippen LogP contribution in [-0.4, -0.2) is 30.0 Å². The summed E-state index contributed by atoms with van der Waals surface area (Å²) >= 11 is 6.01. The fraction of sp³-hybridized carbons (Fsp3) is 0.346. The first kappa shape index (κ1) is 26.5. The summed E-state index contributed by atoms with van der Waals surface area (Å²) in [6.45, 7) is 2.24. The second-order valence-electron chi connectivity index (χ2n) is 8.66. The quantitative estimate of drug-likeness (QED) is 0.332. The predicted molar refractivity (Wildman–Crippen MR) is 132 cm³/mol. The van der Waals surface area contributed by atoms with Crippen LogP contribution in [-0.2, 0) is 16.0 Å². The molecule has 1 amide bonds. The fourth-order valence-corrected chi connectivity index (χ4v) is 4.10. The number of nitrogens with zero attached hydrogens (tertiary/aromatic N) is 1. The van der Waals surface area contributed by atoms with Gasteiger partial charge in [-0.3, -0.25) is 10.1 Å². The van der Waals surface area contributed by atoms with Crippen LogP contribution in [0.2, 0.25) is 5.02 Å². The van der Waals surface area contributed by atoms with E-state index in [2.05, 4.69) is 10.3 Å². The van der Waals surface area contributed by atoms with Crippen LogP contribution in [0.15, 0.2) is 48.7 Å². The molecule has 1 atom stereocenters. The average Bonchev–Trinajstić information content (AvgIpc) is 2.83. The molecule has 0 aliphatic rings. The van der Waals surface area contributed by atoms with E-state index in [9.17, 15) is 18.4 Å². The lowest BCUT2D eigenvalue weighted by atomic mass is 9.76. The number of aromatic nitrogens is 1. The minimum absolute atomic E-state index is 0.00156. The van der Waals surface area contributed by atoms with Gasteiger partial charge >= 0.3 is 6.09 Å². The second kappa shape index (κ2) is 12.0. The number of ether oxygens (including phenoxy) is 1. The third kappa shape index (κ3) is 7.19. The summed E-state index contributed by atoms with van der Waals surface area (Å²) < 4.78 is 32.4. The summed E-state index contributed by atoms with van der Waals surface area (Å²) in [6.07, 6.45) is 2.74. The Bertz CT molecular complexity index is 1210. The van der Waals surface area contributed by atoms with Crippen LogP contribution in [0.1, 0.15) is 38.2 Å². The van der Waals surface area contributed by atoms with Crippen molar-refractivity contribution < 1.29 is 23.1 Å². The number of rotatable bonds is 11. The van der Waals surface area contributed by atoms with E-state index >= 15 is 0 Å². The van der Waals surface area contributed by atoms with Crippen LogP contribution in [0.4, 0.5) is 19.4 Å². The number of pyridine rings is 1. The molecule has 0 saturated heterocycles. The molecular weight excluding hydrogens is 476 g/mol. The molecule has 0 radical (unpaired) electrons. The normalized spacial score (nSPS) is 12.8. The van der Waals surface area contributed by atoms with Crippen molar-refractivity contribution in [1.29, 1.82) is 0 Å². The molecule has 1 heterocycles. The Labute approximate surface area is 207 Å². The SMILES string of the molecule is CC(CCCN)(CCOC(=O)Nc1cc2cc(F)ccc2cn1)C(=O)CCc1cccc(F)c1Cl. The molecule has 3 aromatic rings. The fourth-order valence-electron chi connectivity index (χ4n) is 3.88. The Morgan fingerprint density at radius 3 is 2.71 bits per heavy atom. The van der Waals surface area contributed by atoms with Crippen molar-refractivity contribution in [1.82, 2.24) is 4.98 Å². The third-order valence-corrected chi connectivity index (χ3v) is 6.48. The Morgan fingerprint density at radius 2 is 1.94 bits per heavy atom.